The zero-order valence-electron chi connectivity index (χ0n) is 23.0. The van der Waals surface area contributed by atoms with Gasteiger partial charge in [0.05, 0.1) is 37.0 Å². The number of nitrogen functional groups attached to an aromatic ring is 1. The van der Waals surface area contributed by atoms with Crippen LogP contribution in [0.4, 0.5) is 45.0 Å². The molecule has 5 N–H and O–H groups in total. The van der Waals surface area contributed by atoms with Gasteiger partial charge in [0.15, 0.2) is 0 Å². The highest BCUT2D eigenvalue weighted by molar-refractivity contribution is 5.86. The van der Waals surface area contributed by atoms with Gasteiger partial charge in [0.2, 0.25) is 5.95 Å². The molecule has 1 heterocycles. The molecule has 0 aliphatic heterocycles. The number of nitrogens with zero attached hydrogens (tertiary/aromatic N) is 3. The van der Waals surface area contributed by atoms with Crippen LogP contribution >= 0.6 is 0 Å². The van der Waals surface area contributed by atoms with Crippen molar-refractivity contribution in [2.24, 2.45) is 0 Å². The van der Waals surface area contributed by atoms with Crippen molar-refractivity contribution in [1.29, 1.82) is 0 Å². The molecule has 1 aromatic heterocycles. The van der Waals surface area contributed by atoms with Crippen LogP contribution in [-0.2, 0) is 4.74 Å². The number of rotatable bonds is 10. The third kappa shape index (κ3) is 7.31. The zero-order chi connectivity index (χ0) is 27.9. The average Bonchev–Trinajstić information content (AvgIpc) is 2.85. The molecule has 11 heteroatoms. The van der Waals surface area contributed by atoms with Gasteiger partial charge in [-0.25, -0.2) is 9.78 Å². The van der Waals surface area contributed by atoms with E-state index in [0.29, 0.717) is 46.0 Å². The van der Waals surface area contributed by atoms with Crippen LogP contribution in [0.5, 0.6) is 11.5 Å². The first-order chi connectivity index (χ1) is 18.1. The summed E-state index contributed by atoms with van der Waals surface area (Å²) in [6, 6.07) is 10.6. The Labute approximate surface area is 223 Å². The van der Waals surface area contributed by atoms with E-state index in [1.54, 1.807) is 65.5 Å². The summed E-state index contributed by atoms with van der Waals surface area (Å²) in [7, 11) is 3.17. The van der Waals surface area contributed by atoms with E-state index >= 15 is 0 Å². The molecule has 0 saturated heterocycles. The van der Waals surface area contributed by atoms with Gasteiger partial charge in [-0.05, 0) is 65.0 Å². The van der Waals surface area contributed by atoms with Crippen molar-refractivity contribution >= 4 is 46.3 Å². The number of nitrogens with one attached hydrogen (secondary N) is 3. The molecule has 0 bridgehead atoms. The standard InChI is InChI=1S/C27H37N7O4/c1-8-34(9-2)21-16-23(37-7)20(15-18(21)28)32-25-29-13-12-24(33-25)31-19-14-17(10-11-22(19)36-6)30-26(35)38-27(3,4)5/h10-16H,8-9,28H2,1-7H3,(H,30,35)(H2,29,31,32,33). The molecule has 1 amide bonds. The molecule has 0 atom stereocenters. The second-order valence-electron chi connectivity index (χ2n) is 9.34. The quantitative estimate of drug-likeness (QED) is 0.243. The number of carbonyl (C=O) groups is 1. The van der Waals surface area contributed by atoms with Gasteiger partial charge >= 0.3 is 6.09 Å². The fourth-order valence-electron chi connectivity index (χ4n) is 3.74. The van der Waals surface area contributed by atoms with Crippen LogP contribution < -0.4 is 36.1 Å². The molecule has 0 unspecified atom stereocenters. The number of ether oxygens (including phenoxy) is 3. The minimum atomic E-state index is -0.610. The monoisotopic (exact) mass is 523 g/mol. The van der Waals surface area contributed by atoms with Gasteiger partial charge in [0, 0.05) is 31.0 Å². The van der Waals surface area contributed by atoms with E-state index in [9.17, 15) is 4.79 Å². The van der Waals surface area contributed by atoms with E-state index in [1.165, 1.54) is 0 Å². The number of hydrogen-bond donors (Lipinski definition) is 4. The number of methoxy groups -OCH3 is 2. The summed E-state index contributed by atoms with van der Waals surface area (Å²) in [5.41, 5.74) is 9.03. The SMILES string of the molecule is CCN(CC)c1cc(OC)c(Nc2nccc(Nc3cc(NC(=O)OC(C)(C)C)ccc3OC)n2)cc1N. The lowest BCUT2D eigenvalue weighted by Gasteiger charge is -2.24. The summed E-state index contributed by atoms with van der Waals surface area (Å²) >= 11 is 0. The average molecular weight is 524 g/mol. The molecule has 3 rings (SSSR count). The fourth-order valence-corrected chi connectivity index (χ4v) is 3.74. The maximum absolute atomic E-state index is 12.2. The fraction of sp³-hybridized carbons (Fsp3) is 0.370. The molecule has 2 aromatic carbocycles. The number of benzene rings is 2. The van der Waals surface area contributed by atoms with Crippen LogP contribution in [0, 0.1) is 0 Å². The van der Waals surface area contributed by atoms with E-state index in [4.69, 9.17) is 19.9 Å². The van der Waals surface area contributed by atoms with Gasteiger partial charge < -0.3 is 35.5 Å². The van der Waals surface area contributed by atoms with E-state index in [-0.39, 0.29) is 0 Å². The largest absolute Gasteiger partial charge is 0.495 e. The van der Waals surface area contributed by atoms with Crippen molar-refractivity contribution in [1.82, 2.24) is 9.97 Å². The highest BCUT2D eigenvalue weighted by atomic mass is 16.6. The molecule has 0 radical (unpaired) electrons. The first-order valence-corrected chi connectivity index (χ1v) is 12.3. The molecule has 11 nitrogen and oxygen atoms in total. The molecule has 0 saturated carbocycles. The van der Waals surface area contributed by atoms with Crippen molar-refractivity contribution in [2.45, 2.75) is 40.2 Å². The topological polar surface area (TPSA) is 136 Å². The van der Waals surface area contributed by atoms with Crippen LogP contribution in [0.2, 0.25) is 0 Å². The van der Waals surface area contributed by atoms with Gasteiger partial charge in [-0.2, -0.15) is 4.98 Å². The van der Waals surface area contributed by atoms with Crippen molar-refractivity contribution in [3.63, 3.8) is 0 Å². The third-order valence-electron chi connectivity index (χ3n) is 5.46. The second-order valence-corrected chi connectivity index (χ2v) is 9.34. The number of anilines is 7. The smallest absolute Gasteiger partial charge is 0.412 e. The summed E-state index contributed by atoms with van der Waals surface area (Å²) < 4.78 is 16.4. The normalized spacial score (nSPS) is 10.9. The molecular weight excluding hydrogens is 486 g/mol. The maximum Gasteiger partial charge on any atom is 0.412 e. The summed E-state index contributed by atoms with van der Waals surface area (Å²) in [4.78, 5) is 23.3. The summed E-state index contributed by atoms with van der Waals surface area (Å²) in [6.45, 7) is 11.2. The van der Waals surface area contributed by atoms with Crippen molar-refractivity contribution < 1.29 is 19.0 Å². The van der Waals surface area contributed by atoms with Crippen molar-refractivity contribution in [2.75, 3.05) is 53.9 Å². The lowest BCUT2D eigenvalue weighted by Crippen LogP contribution is -2.27. The summed E-state index contributed by atoms with van der Waals surface area (Å²) in [6.07, 6.45) is 1.06. The summed E-state index contributed by atoms with van der Waals surface area (Å²) in [5.74, 6) is 2.02. The second kappa shape index (κ2) is 12.2. The number of hydrogen-bond acceptors (Lipinski definition) is 10. The predicted octanol–water partition coefficient (Wildman–Crippen LogP) is 5.76. The lowest BCUT2D eigenvalue weighted by atomic mass is 10.2. The molecular formula is C27H37N7O4. The van der Waals surface area contributed by atoms with Crippen LogP contribution in [0.25, 0.3) is 0 Å². The van der Waals surface area contributed by atoms with Crippen molar-refractivity contribution in [3.8, 4) is 11.5 Å². The van der Waals surface area contributed by atoms with Crippen LogP contribution in [0.3, 0.4) is 0 Å². The Hall–Kier alpha value is -4.41. The Bertz CT molecular complexity index is 1260. The molecule has 0 spiro atoms. The van der Waals surface area contributed by atoms with Gasteiger partial charge in [0.25, 0.3) is 0 Å². The van der Waals surface area contributed by atoms with Crippen LogP contribution in [0.15, 0.2) is 42.6 Å². The van der Waals surface area contributed by atoms with Gasteiger partial charge in [-0.3, -0.25) is 5.32 Å². The Morgan fingerprint density at radius 3 is 2.29 bits per heavy atom. The van der Waals surface area contributed by atoms with E-state index in [2.05, 4.69) is 44.7 Å². The predicted molar refractivity (Wildman–Crippen MR) is 152 cm³/mol. The maximum atomic E-state index is 12.2. The first kappa shape index (κ1) is 28.2. The number of carbonyl (C=O) groups excluding carboxylic acids is 1. The summed E-state index contributed by atoms with van der Waals surface area (Å²) in [5, 5.41) is 9.14. The number of aromatic nitrogens is 2. The molecule has 3 aromatic rings. The Morgan fingerprint density at radius 1 is 0.974 bits per heavy atom. The van der Waals surface area contributed by atoms with Crippen molar-refractivity contribution in [3.05, 3.63) is 42.6 Å². The van der Waals surface area contributed by atoms with Gasteiger partial charge in [-0.15, -0.1) is 0 Å². The van der Waals surface area contributed by atoms with Crippen LogP contribution in [-0.4, -0.2) is 49.0 Å². The highest BCUT2D eigenvalue weighted by Gasteiger charge is 2.17. The molecule has 38 heavy (non-hydrogen) atoms. The minimum Gasteiger partial charge on any atom is -0.495 e. The lowest BCUT2D eigenvalue weighted by molar-refractivity contribution is 0.0636. The Balaban J connectivity index is 1.83. The first-order valence-electron chi connectivity index (χ1n) is 12.3. The number of amides is 1. The van der Waals surface area contributed by atoms with E-state index in [0.717, 1.165) is 18.8 Å². The van der Waals surface area contributed by atoms with E-state index < -0.39 is 11.7 Å². The van der Waals surface area contributed by atoms with Gasteiger partial charge in [0.1, 0.15) is 22.9 Å². The van der Waals surface area contributed by atoms with Gasteiger partial charge in [-0.1, -0.05) is 0 Å². The minimum absolute atomic E-state index is 0.338. The van der Waals surface area contributed by atoms with E-state index in [1.807, 2.05) is 12.1 Å². The van der Waals surface area contributed by atoms with Crippen LogP contribution in [0.1, 0.15) is 34.6 Å². The molecule has 0 fully saturated rings. The molecule has 204 valence electrons. The highest BCUT2D eigenvalue weighted by Crippen LogP contribution is 2.37. The zero-order valence-corrected chi connectivity index (χ0v) is 23.0. The molecule has 0 aliphatic rings. The number of nitrogens with two attached hydrogens (primary N) is 1. The Kier molecular flexibility index (Phi) is 9.06. The third-order valence-corrected chi connectivity index (χ3v) is 5.46. The molecule has 0 aliphatic carbocycles. The Morgan fingerprint density at radius 2 is 1.66 bits per heavy atom.